The van der Waals surface area contributed by atoms with Gasteiger partial charge in [-0.05, 0) is 24.1 Å². The molecule has 25 heavy (non-hydrogen) atoms. The normalized spacial score (nSPS) is 20.5. The summed E-state index contributed by atoms with van der Waals surface area (Å²) in [5, 5.41) is 3.34. The molecule has 7 heteroatoms. The fourth-order valence-corrected chi connectivity index (χ4v) is 4.52. The number of nitrogens with one attached hydrogen (secondary N) is 1. The second kappa shape index (κ2) is 8.42. The van der Waals surface area contributed by atoms with E-state index in [1.54, 1.807) is 0 Å². The highest BCUT2D eigenvalue weighted by Gasteiger charge is 2.27. The summed E-state index contributed by atoms with van der Waals surface area (Å²) in [6.07, 6.45) is 3.93. The Labute approximate surface area is 152 Å². The summed E-state index contributed by atoms with van der Waals surface area (Å²) in [6, 6.07) is 8.52. The van der Waals surface area contributed by atoms with Crippen LogP contribution in [-0.4, -0.2) is 53.8 Å². The third-order valence-electron chi connectivity index (χ3n) is 4.45. The van der Waals surface area contributed by atoms with E-state index in [2.05, 4.69) is 45.9 Å². The lowest BCUT2D eigenvalue weighted by Crippen LogP contribution is -2.52. The van der Waals surface area contributed by atoms with E-state index in [-0.39, 0.29) is 6.03 Å². The molecule has 1 aromatic rings. The minimum absolute atomic E-state index is 0.131. The largest absolute Gasteiger partial charge is 0.419 e. The van der Waals surface area contributed by atoms with Crippen molar-refractivity contribution in [1.82, 2.24) is 15.1 Å². The van der Waals surface area contributed by atoms with Crippen molar-refractivity contribution in [3.05, 3.63) is 54.4 Å². The SMILES string of the molecule is C=C(/C=C\ON)NC(=O)N1CCN(CC2Cc3ccccc3S2)CC1. The highest BCUT2D eigenvalue weighted by Crippen LogP contribution is 2.37. The van der Waals surface area contributed by atoms with Crippen molar-refractivity contribution in [1.29, 1.82) is 0 Å². The first-order chi connectivity index (χ1) is 12.2. The number of urea groups is 1. The van der Waals surface area contributed by atoms with Gasteiger partial charge in [-0.1, -0.05) is 24.8 Å². The number of piperazine rings is 1. The molecule has 2 amide bonds. The summed E-state index contributed by atoms with van der Waals surface area (Å²) in [5.41, 5.74) is 1.92. The number of thioether (sulfide) groups is 1. The average Bonchev–Trinajstić information content (AvgIpc) is 3.02. The maximum atomic E-state index is 12.2. The number of nitrogens with two attached hydrogens (primary N) is 1. The van der Waals surface area contributed by atoms with Gasteiger partial charge in [0.25, 0.3) is 0 Å². The molecule has 6 nitrogen and oxygen atoms in total. The Bertz CT molecular complexity index is 631. The molecule has 1 atom stereocenters. The predicted molar refractivity (Wildman–Crippen MR) is 99.9 cm³/mol. The summed E-state index contributed by atoms with van der Waals surface area (Å²) in [4.78, 5) is 22.2. The Morgan fingerprint density at radius 1 is 1.36 bits per heavy atom. The van der Waals surface area contributed by atoms with E-state index in [1.165, 1.54) is 22.8 Å². The number of nitrogens with zero attached hydrogens (tertiary/aromatic N) is 2. The van der Waals surface area contributed by atoms with Gasteiger partial charge in [0.05, 0.1) is 0 Å². The number of hydrogen-bond acceptors (Lipinski definition) is 5. The van der Waals surface area contributed by atoms with E-state index in [9.17, 15) is 4.79 Å². The summed E-state index contributed by atoms with van der Waals surface area (Å²) in [7, 11) is 0. The monoisotopic (exact) mass is 360 g/mol. The Balaban J connectivity index is 1.41. The fourth-order valence-electron chi connectivity index (χ4n) is 3.16. The van der Waals surface area contributed by atoms with E-state index < -0.39 is 0 Å². The molecule has 0 spiro atoms. The summed E-state index contributed by atoms with van der Waals surface area (Å²) < 4.78 is 0. The van der Waals surface area contributed by atoms with Gasteiger partial charge in [0.1, 0.15) is 6.26 Å². The molecule has 0 bridgehead atoms. The first-order valence-corrected chi connectivity index (χ1v) is 9.27. The van der Waals surface area contributed by atoms with Gasteiger partial charge >= 0.3 is 6.03 Å². The zero-order valence-electron chi connectivity index (χ0n) is 14.2. The molecule has 0 aliphatic carbocycles. The number of benzene rings is 1. The number of carbonyl (C=O) groups excluding carboxylic acids is 1. The first kappa shape index (κ1) is 17.8. The fraction of sp³-hybridized carbons (Fsp3) is 0.389. The van der Waals surface area contributed by atoms with Crippen LogP contribution >= 0.6 is 11.8 Å². The van der Waals surface area contributed by atoms with E-state index in [4.69, 9.17) is 5.90 Å². The Hall–Kier alpha value is -1.96. The Morgan fingerprint density at radius 3 is 2.84 bits per heavy atom. The number of carbonyl (C=O) groups is 1. The summed E-state index contributed by atoms with van der Waals surface area (Å²) in [6.45, 7) is 8.04. The maximum Gasteiger partial charge on any atom is 0.321 e. The third kappa shape index (κ3) is 4.78. The van der Waals surface area contributed by atoms with Crippen LogP contribution in [0.5, 0.6) is 0 Å². The van der Waals surface area contributed by atoms with Crippen LogP contribution in [0.15, 0.2) is 53.8 Å². The quantitative estimate of drug-likeness (QED) is 0.477. The first-order valence-electron chi connectivity index (χ1n) is 8.39. The van der Waals surface area contributed by atoms with Crippen molar-refractivity contribution in [3.63, 3.8) is 0 Å². The van der Waals surface area contributed by atoms with Crippen LogP contribution in [0.3, 0.4) is 0 Å². The van der Waals surface area contributed by atoms with Crippen molar-refractivity contribution < 1.29 is 9.63 Å². The maximum absolute atomic E-state index is 12.2. The van der Waals surface area contributed by atoms with Crippen LogP contribution < -0.4 is 11.2 Å². The van der Waals surface area contributed by atoms with E-state index in [1.807, 2.05) is 16.7 Å². The van der Waals surface area contributed by atoms with Gasteiger partial charge in [-0.25, -0.2) is 4.79 Å². The standard InChI is InChI=1S/C18H24N4O2S/c1-14(6-11-24-19)20-18(23)22-9-7-21(8-10-22)13-16-12-15-4-2-3-5-17(15)25-16/h2-6,11,16H,1,7-10,12-13,19H2,(H,20,23)/b11-6-. The Morgan fingerprint density at radius 2 is 2.12 bits per heavy atom. The molecule has 1 fully saturated rings. The summed E-state index contributed by atoms with van der Waals surface area (Å²) >= 11 is 1.98. The number of allylic oxidation sites excluding steroid dienone is 1. The molecular weight excluding hydrogens is 336 g/mol. The number of hydrogen-bond donors (Lipinski definition) is 2. The van der Waals surface area contributed by atoms with Gasteiger partial charge in [-0.15, -0.1) is 11.8 Å². The molecule has 1 aromatic carbocycles. The number of amides is 2. The van der Waals surface area contributed by atoms with Crippen molar-refractivity contribution in [2.75, 3.05) is 32.7 Å². The molecule has 1 unspecified atom stereocenters. The van der Waals surface area contributed by atoms with Crippen LogP contribution in [0.1, 0.15) is 5.56 Å². The molecule has 3 rings (SSSR count). The number of rotatable bonds is 5. The molecule has 0 saturated carbocycles. The second-order valence-electron chi connectivity index (χ2n) is 6.23. The molecule has 2 aliphatic rings. The van der Waals surface area contributed by atoms with Crippen LogP contribution in [0.25, 0.3) is 0 Å². The molecule has 0 radical (unpaired) electrons. The van der Waals surface area contributed by atoms with E-state index in [0.29, 0.717) is 10.9 Å². The molecular formula is C18H24N4O2S. The van der Waals surface area contributed by atoms with Gasteiger partial charge in [-0.3, -0.25) is 4.90 Å². The highest BCUT2D eigenvalue weighted by atomic mass is 32.2. The van der Waals surface area contributed by atoms with Crippen LogP contribution in [-0.2, 0) is 11.3 Å². The molecule has 3 N–H and O–H groups in total. The lowest BCUT2D eigenvalue weighted by molar-refractivity contribution is 0.141. The van der Waals surface area contributed by atoms with Gasteiger partial charge in [-0.2, -0.15) is 5.90 Å². The van der Waals surface area contributed by atoms with Crippen LogP contribution in [0.2, 0.25) is 0 Å². The zero-order chi connectivity index (χ0) is 17.6. The van der Waals surface area contributed by atoms with Crippen molar-refractivity contribution in [2.24, 2.45) is 5.90 Å². The molecule has 2 aliphatic heterocycles. The lowest BCUT2D eigenvalue weighted by atomic mass is 10.1. The van der Waals surface area contributed by atoms with Crippen molar-refractivity contribution in [2.45, 2.75) is 16.6 Å². The van der Waals surface area contributed by atoms with Gasteiger partial charge < -0.3 is 15.1 Å². The number of fused-ring (bicyclic) bond motifs is 1. The summed E-state index contributed by atoms with van der Waals surface area (Å²) in [5.74, 6) is 4.90. The third-order valence-corrected chi connectivity index (χ3v) is 5.75. The molecule has 0 aromatic heterocycles. The van der Waals surface area contributed by atoms with Gasteiger partial charge in [0.15, 0.2) is 0 Å². The smallest absolute Gasteiger partial charge is 0.321 e. The Kier molecular flexibility index (Phi) is 6.01. The van der Waals surface area contributed by atoms with Gasteiger partial charge in [0, 0.05) is 48.6 Å². The minimum atomic E-state index is -0.131. The van der Waals surface area contributed by atoms with Crippen molar-refractivity contribution in [3.8, 4) is 0 Å². The van der Waals surface area contributed by atoms with E-state index in [0.717, 1.165) is 39.1 Å². The van der Waals surface area contributed by atoms with Crippen molar-refractivity contribution >= 4 is 17.8 Å². The van der Waals surface area contributed by atoms with Gasteiger partial charge in [0.2, 0.25) is 0 Å². The minimum Gasteiger partial charge on any atom is -0.419 e. The average molecular weight is 360 g/mol. The topological polar surface area (TPSA) is 70.8 Å². The molecule has 2 heterocycles. The molecule has 1 saturated heterocycles. The van der Waals surface area contributed by atoms with E-state index >= 15 is 0 Å². The van der Waals surface area contributed by atoms with Crippen LogP contribution in [0.4, 0.5) is 4.79 Å². The second-order valence-corrected chi connectivity index (χ2v) is 7.58. The zero-order valence-corrected chi connectivity index (χ0v) is 15.0. The lowest BCUT2D eigenvalue weighted by Gasteiger charge is -2.35. The predicted octanol–water partition coefficient (Wildman–Crippen LogP) is 1.95. The van der Waals surface area contributed by atoms with Crippen LogP contribution in [0, 0.1) is 0 Å². The molecule has 134 valence electrons. The highest BCUT2D eigenvalue weighted by molar-refractivity contribution is 8.00.